The van der Waals surface area contributed by atoms with Gasteiger partial charge in [0.2, 0.25) is 5.95 Å². The summed E-state index contributed by atoms with van der Waals surface area (Å²) in [5.74, 6) is 0.132. The molecule has 0 saturated heterocycles. The second-order valence-electron chi connectivity index (χ2n) is 5.16. The van der Waals surface area contributed by atoms with Crippen LogP contribution in [0.2, 0.25) is 5.02 Å². The van der Waals surface area contributed by atoms with Gasteiger partial charge in [0.15, 0.2) is 0 Å². The highest BCUT2D eigenvalue weighted by molar-refractivity contribution is 9.10. The fraction of sp³-hybridized carbons (Fsp3) is 0. The van der Waals surface area contributed by atoms with Gasteiger partial charge in [0, 0.05) is 10.0 Å². The number of halogens is 2. The first-order valence-corrected chi connectivity index (χ1v) is 8.59. The standard InChI is InChI=1S/C18H11BrClN5O/c19-14-7-6-11(8-15(14)20)10-22-25-18-23-16(12-4-2-1-3-5-12)13(9-21)17(26)24-18/h1-8,10H,(H2,23,24,25,26). The SMILES string of the molecule is N#Cc1c(-c2ccccc2)nc(NN=Cc2ccc(Br)c(Cl)c2)[nH]c1=O. The lowest BCUT2D eigenvalue weighted by molar-refractivity contribution is 1.08. The molecule has 0 bridgehead atoms. The van der Waals surface area contributed by atoms with Gasteiger partial charge in [-0.25, -0.2) is 10.4 Å². The minimum absolute atomic E-state index is 0.0505. The van der Waals surface area contributed by atoms with E-state index >= 15 is 0 Å². The molecule has 0 saturated carbocycles. The fourth-order valence-corrected chi connectivity index (χ4v) is 2.63. The lowest BCUT2D eigenvalue weighted by Crippen LogP contribution is -2.16. The quantitative estimate of drug-likeness (QED) is 0.482. The molecule has 128 valence electrons. The number of aromatic amines is 1. The van der Waals surface area contributed by atoms with Crippen molar-refractivity contribution in [3.8, 4) is 17.3 Å². The topological polar surface area (TPSA) is 93.9 Å². The Morgan fingerprint density at radius 3 is 2.73 bits per heavy atom. The molecule has 0 spiro atoms. The first kappa shape index (κ1) is 17.9. The predicted molar refractivity (Wildman–Crippen MR) is 105 cm³/mol. The Morgan fingerprint density at radius 1 is 1.27 bits per heavy atom. The Kier molecular flexibility index (Phi) is 5.46. The minimum atomic E-state index is -0.536. The minimum Gasteiger partial charge on any atom is -0.290 e. The lowest BCUT2D eigenvalue weighted by atomic mass is 10.1. The van der Waals surface area contributed by atoms with Gasteiger partial charge in [0.25, 0.3) is 5.56 Å². The molecule has 2 aromatic carbocycles. The summed E-state index contributed by atoms with van der Waals surface area (Å²) in [6, 6.07) is 16.3. The van der Waals surface area contributed by atoms with Crippen LogP contribution in [0.1, 0.15) is 11.1 Å². The summed E-state index contributed by atoms with van der Waals surface area (Å²) in [5.41, 5.74) is 3.81. The first-order chi connectivity index (χ1) is 12.6. The van der Waals surface area contributed by atoms with Crippen LogP contribution in [0.25, 0.3) is 11.3 Å². The van der Waals surface area contributed by atoms with Crippen LogP contribution in [-0.2, 0) is 0 Å². The Balaban J connectivity index is 1.90. The largest absolute Gasteiger partial charge is 0.290 e. The Labute approximate surface area is 162 Å². The van der Waals surface area contributed by atoms with E-state index in [-0.39, 0.29) is 11.5 Å². The summed E-state index contributed by atoms with van der Waals surface area (Å²) in [5, 5.41) is 13.9. The van der Waals surface area contributed by atoms with Crippen molar-refractivity contribution >= 4 is 39.7 Å². The summed E-state index contributed by atoms with van der Waals surface area (Å²) in [6.45, 7) is 0. The van der Waals surface area contributed by atoms with Gasteiger partial charge in [-0.2, -0.15) is 10.4 Å². The highest BCUT2D eigenvalue weighted by Gasteiger charge is 2.12. The second-order valence-corrected chi connectivity index (χ2v) is 6.42. The molecule has 3 rings (SSSR count). The van der Waals surface area contributed by atoms with Gasteiger partial charge in [-0.3, -0.25) is 9.78 Å². The summed E-state index contributed by atoms with van der Waals surface area (Å²) >= 11 is 9.35. The average Bonchev–Trinajstić information content (AvgIpc) is 2.65. The first-order valence-electron chi connectivity index (χ1n) is 7.42. The molecule has 1 heterocycles. The van der Waals surface area contributed by atoms with Crippen LogP contribution >= 0.6 is 27.5 Å². The Hall–Kier alpha value is -2.95. The number of anilines is 1. The maximum atomic E-state index is 12.1. The number of H-pyrrole nitrogens is 1. The fourth-order valence-electron chi connectivity index (χ4n) is 2.20. The van der Waals surface area contributed by atoms with E-state index in [1.54, 1.807) is 30.5 Å². The monoisotopic (exact) mass is 427 g/mol. The van der Waals surface area contributed by atoms with Crippen molar-refractivity contribution in [1.29, 1.82) is 5.26 Å². The molecule has 26 heavy (non-hydrogen) atoms. The summed E-state index contributed by atoms with van der Waals surface area (Å²) in [6.07, 6.45) is 1.54. The molecule has 0 aliphatic heterocycles. The number of aromatic nitrogens is 2. The Morgan fingerprint density at radius 2 is 2.04 bits per heavy atom. The van der Waals surface area contributed by atoms with Crippen LogP contribution < -0.4 is 11.0 Å². The van der Waals surface area contributed by atoms with Crippen LogP contribution in [0.15, 0.2) is 62.9 Å². The van der Waals surface area contributed by atoms with Gasteiger partial charge in [0.05, 0.1) is 16.9 Å². The number of hydrazone groups is 1. The number of rotatable bonds is 4. The van der Waals surface area contributed by atoms with E-state index < -0.39 is 5.56 Å². The molecule has 0 unspecified atom stereocenters. The van der Waals surface area contributed by atoms with Gasteiger partial charge in [-0.1, -0.05) is 48.0 Å². The molecular formula is C18H11BrClN5O. The predicted octanol–water partition coefficient (Wildman–Crippen LogP) is 4.17. The van der Waals surface area contributed by atoms with E-state index in [0.717, 1.165) is 10.0 Å². The van der Waals surface area contributed by atoms with Crippen LogP contribution in [0.3, 0.4) is 0 Å². The third-order valence-corrected chi connectivity index (χ3v) is 4.64. The summed E-state index contributed by atoms with van der Waals surface area (Å²) < 4.78 is 0.787. The normalized spacial score (nSPS) is 10.7. The Bertz CT molecular complexity index is 1070. The zero-order valence-corrected chi connectivity index (χ0v) is 15.5. The number of benzene rings is 2. The number of nitriles is 1. The van der Waals surface area contributed by atoms with Gasteiger partial charge in [-0.15, -0.1) is 0 Å². The number of nitrogens with one attached hydrogen (secondary N) is 2. The lowest BCUT2D eigenvalue weighted by Gasteiger charge is -2.06. The zero-order chi connectivity index (χ0) is 18.5. The van der Waals surface area contributed by atoms with E-state index in [4.69, 9.17) is 11.6 Å². The third kappa shape index (κ3) is 3.99. The van der Waals surface area contributed by atoms with Crippen molar-refractivity contribution in [2.45, 2.75) is 0 Å². The van der Waals surface area contributed by atoms with E-state index in [0.29, 0.717) is 16.3 Å². The van der Waals surface area contributed by atoms with Crippen molar-refractivity contribution in [3.63, 3.8) is 0 Å². The van der Waals surface area contributed by atoms with Gasteiger partial charge in [0.1, 0.15) is 11.6 Å². The molecule has 0 atom stereocenters. The molecule has 0 aliphatic rings. The molecule has 6 nitrogen and oxygen atoms in total. The van der Waals surface area contributed by atoms with Crippen molar-refractivity contribution in [2.75, 3.05) is 5.43 Å². The van der Waals surface area contributed by atoms with Gasteiger partial charge in [-0.05, 0) is 33.6 Å². The van der Waals surface area contributed by atoms with E-state index in [2.05, 4.69) is 36.4 Å². The number of hydrogen-bond acceptors (Lipinski definition) is 5. The van der Waals surface area contributed by atoms with Crippen molar-refractivity contribution in [1.82, 2.24) is 9.97 Å². The number of nitrogens with zero attached hydrogens (tertiary/aromatic N) is 3. The van der Waals surface area contributed by atoms with E-state index in [1.807, 2.05) is 30.3 Å². The molecular weight excluding hydrogens is 418 g/mol. The third-order valence-electron chi connectivity index (χ3n) is 3.41. The molecule has 2 N–H and O–H groups in total. The second kappa shape index (κ2) is 7.95. The molecule has 0 aliphatic carbocycles. The summed E-state index contributed by atoms with van der Waals surface area (Å²) in [4.78, 5) is 18.9. The summed E-state index contributed by atoms with van der Waals surface area (Å²) in [7, 11) is 0. The van der Waals surface area contributed by atoms with Crippen LogP contribution in [0, 0.1) is 11.3 Å². The van der Waals surface area contributed by atoms with Gasteiger partial charge < -0.3 is 0 Å². The molecule has 1 aromatic heterocycles. The van der Waals surface area contributed by atoms with E-state index in [9.17, 15) is 10.1 Å². The van der Waals surface area contributed by atoms with Crippen molar-refractivity contribution in [2.24, 2.45) is 5.10 Å². The van der Waals surface area contributed by atoms with E-state index in [1.165, 1.54) is 0 Å². The van der Waals surface area contributed by atoms with Crippen molar-refractivity contribution in [3.05, 3.63) is 79.5 Å². The van der Waals surface area contributed by atoms with Crippen LogP contribution in [0.4, 0.5) is 5.95 Å². The van der Waals surface area contributed by atoms with Gasteiger partial charge >= 0.3 is 0 Å². The smallest absolute Gasteiger partial charge is 0.270 e. The molecule has 8 heteroatoms. The zero-order valence-electron chi connectivity index (χ0n) is 13.2. The van der Waals surface area contributed by atoms with Crippen LogP contribution in [-0.4, -0.2) is 16.2 Å². The number of hydrogen-bond donors (Lipinski definition) is 2. The molecule has 3 aromatic rings. The highest BCUT2D eigenvalue weighted by atomic mass is 79.9. The maximum absolute atomic E-state index is 12.1. The van der Waals surface area contributed by atoms with Crippen LogP contribution in [0.5, 0.6) is 0 Å². The maximum Gasteiger partial charge on any atom is 0.270 e. The van der Waals surface area contributed by atoms with Crippen molar-refractivity contribution < 1.29 is 0 Å². The molecule has 0 fully saturated rings. The highest BCUT2D eigenvalue weighted by Crippen LogP contribution is 2.22. The molecule has 0 radical (unpaired) electrons. The molecule has 0 amide bonds. The average molecular weight is 429 g/mol.